The van der Waals surface area contributed by atoms with Crippen molar-refractivity contribution in [1.82, 2.24) is 5.32 Å². The quantitative estimate of drug-likeness (QED) is 0.302. The summed E-state index contributed by atoms with van der Waals surface area (Å²) >= 11 is 0. The molecule has 1 rings (SSSR count). The largest absolute Gasteiger partial charge is 0.345 e. The van der Waals surface area contributed by atoms with Gasteiger partial charge in [0.1, 0.15) is 4.91 Å². The van der Waals surface area contributed by atoms with E-state index in [-0.39, 0.29) is 12.8 Å². The molecule has 6 nitrogen and oxygen atoms in total. The molecule has 1 aliphatic rings. The lowest BCUT2D eigenvalue weighted by molar-refractivity contribution is -0.133. The van der Waals surface area contributed by atoms with Gasteiger partial charge in [-0.3, -0.25) is 9.59 Å². The van der Waals surface area contributed by atoms with Gasteiger partial charge in [-0.2, -0.15) is 8.42 Å². The highest BCUT2D eigenvalue weighted by Gasteiger charge is 2.28. The Morgan fingerprint density at radius 3 is 2.25 bits per heavy atom. The summed E-state index contributed by atoms with van der Waals surface area (Å²) in [5.41, 5.74) is 0. The monoisotopic (exact) mass is 413 g/mol. The predicted molar refractivity (Wildman–Crippen MR) is 111 cm³/mol. The lowest BCUT2D eigenvalue weighted by atomic mass is 10.1. The van der Waals surface area contributed by atoms with Gasteiger partial charge in [0.25, 0.3) is 0 Å². The molecule has 0 saturated carbocycles. The molecule has 0 aromatic heterocycles. The fourth-order valence-corrected chi connectivity index (χ4v) is 4.01. The minimum absolute atomic E-state index is 0.00840. The van der Waals surface area contributed by atoms with Crippen molar-refractivity contribution in [3.63, 3.8) is 0 Å². The molecule has 1 aliphatic carbocycles. The Kier molecular flexibility index (Phi) is 12.7. The SMILES string of the molecule is CCCCCCCCCNCCCCCC(=O)OS(=O)(=O)C1=CC=CCC1=O. The minimum atomic E-state index is -4.30. The number of Topliss-reactive ketones (excluding diaryl/α,β-unsaturated/α-hetero) is 1. The van der Waals surface area contributed by atoms with E-state index in [1.54, 1.807) is 6.08 Å². The van der Waals surface area contributed by atoms with Gasteiger partial charge in [-0.25, -0.2) is 0 Å². The highest BCUT2D eigenvalue weighted by Crippen LogP contribution is 2.17. The number of allylic oxidation sites excluding steroid dienone is 4. The predicted octanol–water partition coefficient (Wildman–Crippen LogP) is 4.17. The molecular formula is C21H35NO5S. The van der Waals surface area contributed by atoms with Crippen molar-refractivity contribution < 1.29 is 22.2 Å². The molecule has 28 heavy (non-hydrogen) atoms. The van der Waals surface area contributed by atoms with Crippen LogP contribution in [0.15, 0.2) is 23.1 Å². The van der Waals surface area contributed by atoms with Crippen LogP contribution in [0.1, 0.15) is 84.0 Å². The van der Waals surface area contributed by atoms with Crippen molar-refractivity contribution in [3.8, 4) is 0 Å². The zero-order valence-electron chi connectivity index (χ0n) is 17.1. The summed E-state index contributed by atoms with van der Waals surface area (Å²) in [7, 11) is -4.30. The van der Waals surface area contributed by atoms with Gasteiger partial charge < -0.3 is 9.50 Å². The number of hydrogen-bond acceptors (Lipinski definition) is 6. The molecule has 0 radical (unpaired) electrons. The van der Waals surface area contributed by atoms with E-state index in [1.807, 2.05) is 0 Å². The van der Waals surface area contributed by atoms with Gasteiger partial charge >= 0.3 is 16.1 Å². The van der Waals surface area contributed by atoms with Gasteiger partial charge in [-0.1, -0.05) is 64.0 Å². The third-order valence-electron chi connectivity index (χ3n) is 4.63. The zero-order chi connectivity index (χ0) is 20.7. The van der Waals surface area contributed by atoms with Crippen molar-refractivity contribution in [1.29, 1.82) is 0 Å². The second-order valence-corrected chi connectivity index (χ2v) is 8.69. The maximum absolute atomic E-state index is 12.0. The van der Waals surface area contributed by atoms with Crippen LogP contribution in [-0.4, -0.2) is 33.3 Å². The number of carbonyl (C=O) groups is 2. The van der Waals surface area contributed by atoms with Crippen molar-refractivity contribution >= 4 is 21.9 Å². The van der Waals surface area contributed by atoms with Crippen LogP contribution in [0.3, 0.4) is 0 Å². The molecule has 0 aromatic carbocycles. The highest BCUT2D eigenvalue weighted by molar-refractivity contribution is 7.92. The van der Waals surface area contributed by atoms with Crippen molar-refractivity contribution in [2.45, 2.75) is 84.0 Å². The summed E-state index contributed by atoms with van der Waals surface area (Å²) in [6.07, 6.45) is 15.7. The van der Waals surface area contributed by atoms with Gasteiger partial charge in [0, 0.05) is 12.8 Å². The standard InChI is InChI=1S/C21H35NO5S/c1-2-3-4-5-6-7-12-17-22-18-13-8-9-16-21(24)27-28(25,26)20-15-11-10-14-19(20)23/h10-11,15,22H,2-9,12-14,16-18H2,1H3. The van der Waals surface area contributed by atoms with Crippen LogP contribution in [0.2, 0.25) is 0 Å². The first-order valence-corrected chi connectivity index (χ1v) is 12.0. The molecule has 0 atom stereocenters. The Bertz CT molecular complexity index is 637. The van der Waals surface area contributed by atoms with E-state index in [0.717, 1.165) is 25.9 Å². The first-order chi connectivity index (χ1) is 13.5. The first-order valence-electron chi connectivity index (χ1n) is 10.6. The van der Waals surface area contributed by atoms with Crippen LogP contribution in [0, 0.1) is 0 Å². The molecule has 0 heterocycles. The minimum Gasteiger partial charge on any atom is -0.342 e. The number of rotatable bonds is 16. The third-order valence-corrected chi connectivity index (χ3v) is 5.93. The van der Waals surface area contributed by atoms with Crippen LogP contribution in [0.25, 0.3) is 0 Å². The summed E-state index contributed by atoms with van der Waals surface area (Å²) in [6.45, 7) is 4.15. The maximum atomic E-state index is 12.0. The molecule has 0 aliphatic heterocycles. The molecule has 0 saturated heterocycles. The van der Waals surface area contributed by atoms with E-state index in [4.69, 9.17) is 0 Å². The summed E-state index contributed by atoms with van der Waals surface area (Å²) in [4.78, 5) is 22.9. The lowest BCUT2D eigenvalue weighted by Crippen LogP contribution is -2.20. The fraction of sp³-hybridized carbons (Fsp3) is 0.714. The van der Waals surface area contributed by atoms with E-state index in [2.05, 4.69) is 16.4 Å². The fourth-order valence-electron chi connectivity index (χ4n) is 2.98. The normalized spacial score (nSPS) is 14.2. The van der Waals surface area contributed by atoms with Crippen LogP contribution in [-0.2, 0) is 23.9 Å². The lowest BCUT2D eigenvalue weighted by Gasteiger charge is -2.09. The summed E-state index contributed by atoms with van der Waals surface area (Å²) in [5.74, 6) is -1.36. The van der Waals surface area contributed by atoms with Gasteiger partial charge in [0.05, 0.1) is 0 Å². The topological polar surface area (TPSA) is 89.5 Å². The van der Waals surface area contributed by atoms with E-state index in [1.165, 1.54) is 57.1 Å². The second kappa shape index (κ2) is 14.5. The van der Waals surface area contributed by atoms with Gasteiger partial charge in [0.15, 0.2) is 5.78 Å². The molecule has 160 valence electrons. The smallest absolute Gasteiger partial charge is 0.342 e. The van der Waals surface area contributed by atoms with Crippen molar-refractivity contribution in [3.05, 3.63) is 23.1 Å². The van der Waals surface area contributed by atoms with E-state index in [0.29, 0.717) is 6.42 Å². The van der Waals surface area contributed by atoms with Gasteiger partial charge in [0.2, 0.25) is 0 Å². The van der Waals surface area contributed by atoms with E-state index < -0.39 is 26.8 Å². The molecular weight excluding hydrogens is 378 g/mol. The zero-order valence-corrected chi connectivity index (χ0v) is 17.9. The molecule has 0 bridgehead atoms. The molecule has 0 unspecified atom stereocenters. The van der Waals surface area contributed by atoms with Gasteiger partial charge in [-0.15, -0.1) is 0 Å². The average molecular weight is 414 g/mol. The number of nitrogens with one attached hydrogen (secondary N) is 1. The second-order valence-electron chi connectivity index (χ2n) is 7.18. The Hall–Kier alpha value is -1.47. The maximum Gasteiger partial charge on any atom is 0.345 e. The number of unbranched alkanes of at least 4 members (excludes halogenated alkanes) is 8. The summed E-state index contributed by atoms with van der Waals surface area (Å²) < 4.78 is 28.5. The van der Waals surface area contributed by atoms with E-state index >= 15 is 0 Å². The van der Waals surface area contributed by atoms with Crippen molar-refractivity contribution in [2.75, 3.05) is 13.1 Å². The van der Waals surface area contributed by atoms with Crippen LogP contribution in [0.4, 0.5) is 0 Å². The molecule has 1 N–H and O–H groups in total. The average Bonchev–Trinajstić information content (AvgIpc) is 2.65. The van der Waals surface area contributed by atoms with Gasteiger partial charge in [-0.05, 0) is 38.4 Å². The highest BCUT2D eigenvalue weighted by atomic mass is 32.2. The Morgan fingerprint density at radius 1 is 1.00 bits per heavy atom. The molecule has 0 spiro atoms. The number of carbonyl (C=O) groups excluding carboxylic acids is 2. The van der Waals surface area contributed by atoms with Crippen molar-refractivity contribution in [2.24, 2.45) is 0 Å². The van der Waals surface area contributed by atoms with E-state index in [9.17, 15) is 18.0 Å². The first kappa shape index (κ1) is 24.6. The summed E-state index contributed by atoms with van der Waals surface area (Å²) in [6, 6.07) is 0. The molecule has 0 fully saturated rings. The number of ketones is 1. The Morgan fingerprint density at radius 2 is 1.61 bits per heavy atom. The molecule has 0 amide bonds. The molecule has 7 heteroatoms. The number of hydrogen-bond donors (Lipinski definition) is 1. The third kappa shape index (κ3) is 10.8. The molecule has 0 aromatic rings. The summed E-state index contributed by atoms with van der Waals surface area (Å²) in [5, 5.41) is 3.40. The Balaban J connectivity index is 2.01. The van der Waals surface area contributed by atoms with Crippen LogP contribution >= 0.6 is 0 Å². The Labute approximate surface area is 169 Å². The van der Waals surface area contributed by atoms with Crippen LogP contribution < -0.4 is 5.32 Å². The van der Waals surface area contributed by atoms with Crippen LogP contribution in [0.5, 0.6) is 0 Å².